The molecule has 0 aliphatic heterocycles. The third-order valence-corrected chi connectivity index (χ3v) is 3.56. The van der Waals surface area contributed by atoms with Crippen LogP contribution in [0.4, 0.5) is 5.69 Å². The first kappa shape index (κ1) is 20.4. The van der Waals surface area contributed by atoms with E-state index in [0.717, 1.165) is 0 Å². The number of methoxy groups -OCH3 is 1. The summed E-state index contributed by atoms with van der Waals surface area (Å²) in [5.41, 5.74) is 5.48. The van der Waals surface area contributed by atoms with Crippen LogP contribution in [0.15, 0.2) is 18.2 Å². The number of amides is 2. The second-order valence-corrected chi connectivity index (χ2v) is 6.07. The molecule has 0 heterocycles. The summed E-state index contributed by atoms with van der Waals surface area (Å²) >= 11 is 0. The van der Waals surface area contributed by atoms with E-state index in [0.29, 0.717) is 11.3 Å². The van der Waals surface area contributed by atoms with E-state index < -0.39 is 28.9 Å². The van der Waals surface area contributed by atoms with Gasteiger partial charge in [-0.2, -0.15) is 0 Å². The van der Waals surface area contributed by atoms with Gasteiger partial charge < -0.3 is 20.9 Å². The molecular weight excluding hydrogens is 330 g/mol. The number of primary amides is 1. The zero-order chi connectivity index (χ0) is 19.1. The van der Waals surface area contributed by atoms with Crippen LogP contribution in [-0.2, 0) is 16.0 Å². The van der Waals surface area contributed by atoms with Crippen molar-refractivity contribution in [3.8, 4) is 5.75 Å². The summed E-state index contributed by atoms with van der Waals surface area (Å²) in [6.45, 7) is 3.69. The molecular formula is C16H23N3O6. The van der Waals surface area contributed by atoms with Crippen LogP contribution in [0.1, 0.15) is 25.8 Å². The zero-order valence-electron chi connectivity index (χ0n) is 14.4. The lowest BCUT2D eigenvalue weighted by molar-refractivity contribution is -0.384. The number of benzene rings is 1. The highest BCUT2D eigenvalue weighted by atomic mass is 16.6. The van der Waals surface area contributed by atoms with Gasteiger partial charge in [-0.25, -0.2) is 0 Å². The number of rotatable bonds is 9. The van der Waals surface area contributed by atoms with Crippen molar-refractivity contribution in [1.29, 1.82) is 0 Å². The van der Waals surface area contributed by atoms with Crippen LogP contribution in [0.2, 0.25) is 0 Å². The Bertz CT molecular complexity index is 647. The Kier molecular flexibility index (Phi) is 7.31. The SMILES string of the molecule is COc1ccc([N+](=O)[O-])cc1C[C@H](NC(=O)[C@@H](O)CC(C)C)C(N)=O. The molecule has 9 heteroatoms. The summed E-state index contributed by atoms with van der Waals surface area (Å²) in [6.07, 6.45) is -1.13. The second-order valence-electron chi connectivity index (χ2n) is 6.07. The fourth-order valence-electron chi connectivity index (χ4n) is 2.30. The van der Waals surface area contributed by atoms with Crippen LogP contribution >= 0.6 is 0 Å². The van der Waals surface area contributed by atoms with E-state index in [1.54, 1.807) is 0 Å². The van der Waals surface area contributed by atoms with Crippen LogP contribution in [-0.4, -0.2) is 41.1 Å². The highest BCUT2D eigenvalue weighted by molar-refractivity contribution is 5.88. The molecule has 0 aromatic heterocycles. The molecule has 2 atom stereocenters. The predicted octanol–water partition coefficient (Wildman–Crippen LogP) is 0.523. The lowest BCUT2D eigenvalue weighted by Crippen LogP contribution is -2.49. The minimum Gasteiger partial charge on any atom is -0.496 e. The van der Waals surface area contributed by atoms with Crippen molar-refractivity contribution < 1.29 is 24.4 Å². The smallest absolute Gasteiger partial charge is 0.269 e. The number of nitrogens with zero attached hydrogens (tertiary/aromatic N) is 1. The second kappa shape index (κ2) is 8.97. The van der Waals surface area contributed by atoms with Gasteiger partial charge in [0, 0.05) is 24.1 Å². The summed E-state index contributed by atoms with van der Waals surface area (Å²) in [4.78, 5) is 34.0. The molecule has 1 rings (SSSR count). The van der Waals surface area contributed by atoms with Crippen molar-refractivity contribution >= 4 is 17.5 Å². The molecule has 0 aliphatic carbocycles. The van der Waals surface area contributed by atoms with Crippen molar-refractivity contribution in [2.75, 3.05) is 7.11 Å². The molecule has 4 N–H and O–H groups in total. The first-order chi connectivity index (χ1) is 11.6. The molecule has 0 spiro atoms. The van der Waals surface area contributed by atoms with E-state index in [9.17, 15) is 24.8 Å². The number of carbonyl (C=O) groups excluding carboxylic acids is 2. The highest BCUT2D eigenvalue weighted by Crippen LogP contribution is 2.25. The van der Waals surface area contributed by atoms with Crippen LogP contribution < -0.4 is 15.8 Å². The number of hydrogen-bond acceptors (Lipinski definition) is 6. The number of carbonyl (C=O) groups is 2. The van der Waals surface area contributed by atoms with E-state index in [1.165, 1.54) is 25.3 Å². The van der Waals surface area contributed by atoms with Crippen molar-refractivity contribution in [1.82, 2.24) is 5.32 Å². The molecule has 138 valence electrons. The lowest BCUT2D eigenvalue weighted by atomic mass is 10.0. The van der Waals surface area contributed by atoms with Gasteiger partial charge in [0.15, 0.2) is 0 Å². The van der Waals surface area contributed by atoms with Gasteiger partial charge in [0.05, 0.1) is 12.0 Å². The summed E-state index contributed by atoms with van der Waals surface area (Å²) in [5.74, 6) is -1.13. The molecule has 0 unspecified atom stereocenters. The molecule has 0 saturated heterocycles. The minimum absolute atomic E-state index is 0.0876. The van der Waals surface area contributed by atoms with E-state index in [2.05, 4.69) is 5.32 Å². The Hall–Kier alpha value is -2.68. The average molecular weight is 353 g/mol. The fourth-order valence-corrected chi connectivity index (χ4v) is 2.30. The number of aliphatic hydroxyl groups excluding tert-OH is 1. The Labute approximate surface area is 145 Å². The lowest BCUT2D eigenvalue weighted by Gasteiger charge is -2.20. The summed E-state index contributed by atoms with van der Waals surface area (Å²) in [5, 5.41) is 23.1. The number of aliphatic hydroxyl groups is 1. The maximum Gasteiger partial charge on any atom is 0.269 e. The largest absolute Gasteiger partial charge is 0.496 e. The van der Waals surface area contributed by atoms with E-state index >= 15 is 0 Å². The summed E-state index contributed by atoms with van der Waals surface area (Å²) in [6, 6.07) is 2.80. The molecule has 0 bridgehead atoms. The van der Waals surface area contributed by atoms with Gasteiger partial charge in [-0.1, -0.05) is 13.8 Å². The topological polar surface area (TPSA) is 145 Å². The molecule has 2 amide bonds. The van der Waals surface area contributed by atoms with Crippen LogP contribution in [0.25, 0.3) is 0 Å². The van der Waals surface area contributed by atoms with E-state index in [4.69, 9.17) is 10.5 Å². The molecule has 0 aliphatic rings. The molecule has 0 saturated carbocycles. The van der Waals surface area contributed by atoms with E-state index in [-0.39, 0.29) is 24.4 Å². The van der Waals surface area contributed by atoms with Gasteiger partial charge in [0.2, 0.25) is 11.8 Å². The fraction of sp³-hybridized carbons (Fsp3) is 0.500. The van der Waals surface area contributed by atoms with Crippen LogP contribution in [0.5, 0.6) is 5.75 Å². The first-order valence-electron chi connectivity index (χ1n) is 7.74. The molecule has 1 aromatic rings. The van der Waals surface area contributed by atoms with Gasteiger partial charge in [-0.3, -0.25) is 19.7 Å². The number of nitrogens with two attached hydrogens (primary N) is 1. The highest BCUT2D eigenvalue weighted by Gasteiger charge is 2.25. The van der Waals surface area contributed by atoms with E-state index in [1.807, 2.05) is 13.8 Å². The van der Waals surface area contributed by atoms with Crippen LogP contribution in [0.3, 0.4) is 0 Å². The third-order valence-electron chi connectivity index (χ3n) is 3.56. The number of nitro benzene ring substituents is 1. The quantitative estimate of drug-likeness (QED) is 0.436. The van der Waals surface area contributed by atoms with Gasteiger partial charge in [0.25, 0.3) is 5.69 Å². The maximum absolute atomic E-state index is 12.0. The van der Waals surface area contributed by atoms with Crippen molar-refractivity contribution in [2.24, 2.45) is 11.7 Å². The number of non-ortho nitro benzene ring substituents is 1. The van der Waals surface area contributed by atoms with Gasteiger partial charge in [-0.15, -0.1) is 0 Å². The monoisotopic (exact) mass is 353 g/mol. The van der Waals surface area contributed by atoms with Gasteiger partial charge in [-0.05, 0) is 18.4 Å². The molecule has 0 fully saturated rings. The zero-order valence-corrected chi connectivity index (χ0v) is 14.4. The Morgan fingerprint density at radius 1 is 1.40 bits per heavy atom. The predicted molar refractivity (Wildman–Crippen MR) is 89.9 cm³/mol. The molecule has 25 heavy (non-hydrogen) atoms. The maximum atomic E-state index is 12.0. The number of ether oxygens (including phenoxy) is 1. The Balaban J connectivity index is 2.98. The Morgan fingerprint density at radius 2 is 2.04 bits per heavy atom. The standard InChI is InChI=1S/C16H23N3O6/c1-9(2)6-13(20)16(22)18-12(15(17)21)8-10-7-11(19(23)24)4-5-14(10)25-3/h4-5,7,9,12-13,20H,6,8H2,1-3H3,(H2,17,21)(H,18,22)/t12-,13-/m0/s1. The molecule has 1 aromatic carbocycles. The third kappa shape index (κ3) is 6.03. The number of nitrogens with one attached hydrogen (secondary N) is 1. The van der Waals surface area contributed by atoms with Gasteiger partial charge >= 0.3 is 0 Å². The summed E-state index contributed by atoms with van der Waals surface area (Å²) in [7, 11) is 1.38. The van der Waals surface area contributed by atoms with Crippen molar-refractivity contribution in [3.63, 3.8) is 0 Å². The molecule has 9 nitrogen and oxygen atoms in total. The van der Waals surface area contributed by atoms with Crippen molar-refractivity contribution in [2.45, 2.75) is 38.8 Å². The Morgan fingerprint density at radius 3 is 2.52 bits per heavy atom. The van der Waals surface area contributed by atoms with Gasteiger partial charge in [0.1, 0.15) is 17.9 Å². The number of nitro groups is 1. The summed E-state index contributed by atoms with van der Waals surface area (Å²) < 4.78 is 5.13. The number of hydrogen-bond donors (Lipinski definition) is 3. The first-order valence-corrected chi connectivity index (χ1v) is 7.74. The molecule has 0 radical (unpaired) electrons. The minimum atomic E-state index is -1.27. The van der Waals surface area contributed by atoms with Crippen LogP contribution in [0, 0.1) is 16.0 Å². The normalized spacial score (nSPS) is 13.2. The average Bonchev–Trinajstić information content (AvgIpc) is 2.52. The van der Waals surface area contributed by atoms with Crippen molar-refractivity contribution in [3.05, 3.63) is 33.9 Å².